The second kappa shape index (κ2) is 13.4. The molecule has 0 aliphatic carbocycles. The summed E-state index contributed by atoms with van der Waals surface area (Å²) in [7, 11) is 0. The van der Waals surface area contributed by atoms with Gasteiger partial charge in [0, 0.05) is 41.9 Å². The zero-order chi connectivity index (χ0) is 30.0. The number of alkyl halides is 1. The number of aliphatic hydroxyl groups excluding tert-OH is 1. The number of benzene rings is 1. The van der Waals surface area contributed by atoms with E-state index in [1.165, 1.54) is 0 Å². The third-order valence-electron chi connectivity index (χ3n) is 9.39. The highest BCUT2D eigenvalue weighted by atomic mass is 79.9. The summed E-state index contributed by atoms with van der Waals surface area (Å²) in [5.74, 6) is -1.21. The Morgan fingerprint density at radius 3 is 2.57 bits per heavy atom. The molecule has 4 aliphatic heterocycles. The van der Waals surface area contributed by atoms with Crippen LogP contribution in [-0.4, -0.2) is 112 Å². The van der Waals surface area contributed by atoms with Gasteiger partial charge in [-0.15, -0.1) is 11.8 Å². The van der Waals surface area contributed by atoms with Crippen molar-refractivity contribution in [2.45, 2.75) is 60.5 Å². The monoisotopic (exact) mass is 666 g/mol. The van der Waals surface area contributed by atoms with Crippen molar-refractivity contribution in [3.8, 4) is 5.75 Å². The maximum atomic E-state index is 14.4. The van der Waals surface area contributed by atoms with Gasteiger partial charge >= 0.3 is 0 Å². The molecule has 12 heteroatoms. The van der Waals surface area contributed by atoms with E-state index in [9.17, 15) is 19.5 Å². The van der Waals surface area contributed by atoms with E-state index in [1.807, 2.05) is 20.8 Å². The first-order valence-corrected chi connectivity index (χ1v) is 16.9. The highest BCUT2D eigenvalue weighted by Crippen LogP contribution is 2.68. The fourth-order valence-corrected chi connectivity index (χ4v) is 10.7. The molecule has 3 N–H and O–H groups in total. The summed E-state index contributed by atoms with van der Waals surface area (Å²) in [6, 6.07) is 5.92. The molecule has 8 atom stereocenters. The zero-order valence-electron chi connectivity index (χ0n) is 24.6. The van der Waals surface area contributed by atoms with Crippen LogP contribution in [0.25, 0.3) is 0 Å². The lowest BCUT2D eigenvalue weighted by Gasteiger charge is -2.39. The minimum Gasteiger partial charge on any atom is -0.494 e. The van der Waals surface area contributed by atoms with Crippen LogP contribution < -0.4 is 15.4 Å². The predicted molar refractivity (Wildman–Crippen MR) is 166 cm³/mol. The summed E-state index contributed by atoms with van der Waals surface area (Å²) >= 11 is 5.43. The van der Waals surface area contributed by atoms with Gasteiger partial charge in [0.15, 0.2) is 0 Å². The molecule has 42 heavy (non-hydrogen) atoms. The highest BCUT2D eigenvalue weighted by Gasteiger charge is 2.76. The molecule has 5 rings (SSSR count). The summed E-state index contributed by atoms with van der Waals surface area (Å²) in [6.07, 6.45) is 1.35. The van der Waals surface area contributed by atoms with E-state index in [0.29, 0.717) is 45.0 Å². The van der Waals surface area contributed by atoms with Crippen LogP contribution in [0.1, 0.15) is 33.6 Å². The molecule has 4 saturated heterocycles. The van der Waals surface area contributed by atoms with Gasteiger partial charge in [-0.05, 0) is 43.5 Å². The second-order valence-corrected chi connectivity index (χ2v) is 14.5. The largest absolute Gasteiger partial charge is 0.494 e. The fraction of sp³-hybridized carbons (Fsp3) is 0.700. The Bertz CT molecular complexity index is 1140. The van der Waals surface area contributed by atoms with Crippen molar-refractivity contribution in [3.63, 3.8) is 0 Å². The van der Waals surface area contributed by atoms with Gasteiger partial charge in [0.05, 0.1) is 49.1 Å². The number of amides is 3. The number of aliphatic hydroxyl groups is 1. The van der Waals surface area contributed by atoms with Crippen LogP contribution in [0.15, 0.2) is 24.3 Å². The molecule has 1 aromatic rings. The number of rotatable bonds is 12. The molecular weight excluding hydrogens is 624 g/mol. The van der Waals surface area contributed by atoms with Crippen molar-refractivity contribution in [1.29, 1.82) is 0 Å². The first kappa shape index (κ1) is 31.6. The van der Waals surface area contributed by atoms with Crippen molar-refractivity contribution < 1.29 is 29.0 Å². The van der Waals surface area contributed by atoms with Crippen LogP contribution >= 0.6 is 27.7 Å². The molecule has 0 saturated carbocycles. The molecule has 4 fully saturated rings. The van der Waals surface area contributed by atoms with Crippen LogP contribution in [-0.2, 0) is 19.1 Å². The van der Waals surface area contributed by atoms with Crippen molar-refractivity contribution in [2.75, 3.05) is 57.9 Å². The molecule has 1 spiro atoms. The van der Waals surface area contributed by atoms with Gasteiger partial charge in [0.1, 0.15) is 11.8 Å². The van der Waals surface area contributed by atoms with Crippen LogP contribution in [0.5, 0.6) is 5.75 Å². The summed E-state index contributed by atoms with van der Waals surface area (Å²) in [5, 5.41) is 16.5. The maximum absolute atomic E-state index is 14.4. The number of anilines is 1. The van der Waals surface area contributed by atoms with Gasteiger partial charge in [-0.25, -0.2) is 0 Å². The predicted octanol–water partition coefficient (Wildman–Crippen LogP) is 2.34. The number of thioether (sulfide) groups is 1. The number of hydrogen-bond acceptors (Lipinski definition) is 8. The smallest absolute Gasteiger partial charge is 0.244 e. The standard InChI is InChI=1S/C30H43BrN4O6S/c1-4-18(3)22(17-36)35-26(28(38)32-10-11-34-12-14-40-15-13-34)30-16-21(31)25(42-30)23(24(30)29(35)39)27(37)33-19-6-8-20(9-7-19)41-5-2/h6-9,18,21-26,36H,4-5,10-17H2,1-3H3,(H,32,38)(H,33,37)/t18-,21?,22-,23+,24-,25+,26?,30?/m0/s1. The lowest BCUT2D eigenvalue weighted by atomic mass is 9.70. The maximum Gasteiger partial charge on any atom is 0.244 e. The molecule has 3 amide bonds. The van der Waals surface area contributed by atoms with Crippen LogP contribution in [0.2, 0.25) is 0 Å². The molecular formula is C30H43BrN4O6S. The summed E-state index contributed by atoms with van der Waals surface area (Å²) in [4.78, 5) is 46.3. The number of nitrogens with zero attached hydrogens (tertiary/aromatic N) is 2. The van der Waals surface area contributed by atoms with Gasteiger partial charge in [-0.2, -0.15) is 0 Å². The van der Waals surface area contributed by atoms with E-state index in [4.69, 9.17) is 9.47 Å². The van der Waals surface area contributed by atoms with Crippen LogP contribution in [0.3, 0.4) is 0 Å². The summed E-state index contributed by atoms with van der Waals surface area (Å²) < 4.78 is 10.2. The molecule has 4 aliphatic rings. The molecule has 4 heterocycles. The molecule has 10 nitrogen and oxygen atoms in total. The van der Waals surface area contributed by atoms with Crippen molar-refractivity contribution in [2.24, 2.45) is 17.8 Å². The SMILES string of the molecule is CCOc1ccc(NC(=O)[C@H]2[C@@H]3SC4(CC3Br)C(C(=O)NCCN3CCOCC3)N([C@@H](CO)[C@@H](C)CC)C(=O)[C@H]24)cc1. The number of morpholine rings is 1. The van der Waals surface area contributed by atoms with Gasteiger partial charge in [0.2, 0.25) is 17.7 Å². The highest BCUT2D eigenvalue weighted by molar-refractivity contribution is 9.09. The fourth-order valence-electron chi connectivity index (χ4n) is 7.12. The number of halogens is 1. The summed E-state index contributed by atoms with van der Waals surface area (Å²) in [6.45, 7) is 10.4. The Kier molecular flexibility index (Phi) is 10.1. The van der Waals surface area contributed by atoms with E-state index in [-0.39, 0.29) is 40.3 Å². The van der Waals surface area contributed by atoms with Crippen LogP contribution in [0.4, 0.5) is 5.69 Å². The Morgan fingerprint density at radius 2 is 1.93 bits per heavy atom. The first-order valence-electron chi connectivity index (χ1n) is 15.1. The van der Waals surface area contributed by atoms with Crippen molar-refractivity contribution >= 4 is 51.1 Å². The number of nitrogens with one attached hydrogen (secondary N) is 2. The molecule has 0 radical (unpaired) electrons. The lowest BCUT2D eigenvalue weighted by molar-refractivity contribution is -0.143. The molecule has 0 aromatic heterocycles. The van der Waals surface area contributed by atoms with E-state index in [0.717, 1.165) is 25.3 Å². The Labute approximate surface area is 260 Å². The molecule has 3 unspecified atom stereocenters. The lowest BCUT2D eigenvalue weighted by Crippen LogP contribution is -2.58. The van der Waals surface area contributed by atoms with Crippen molar-refractivity contribution in [3.05, 3.63) is 24.3 Å². The van der Waals surface area contributed by atoms with Gasteiger partial charge in [0.25, 0.3) is 0 Å². The minimum atomic E-state index is -0.774. The quantitative estimate of drug-likeness (QED) is 0.291. The third-order valence-corrected chi connectivity index (χ3v) is 12.6. The van der Waals surface area contributed by atoms with E-state index in [2.05, 4.69) is 31.5 Å². The van der Waals surface area contributed by atoms with Crippen molar-refractivity contribution in [1.82, 2.24) is 15.1 Å². The number of likely N-dealkylation sites (tertiary alicyclic amines) is 1. The number of ether oxygens (including phenoxy) is 2. The van der Waals surface area contributed by atoms with E-state index in [1.54, 1.807) is 40.9 Å². The number of hydrogen-bond donors (Lipinski definition) is 3. The van der Waals surface area contributed by atoms with E-state index < -0.39 is 28.7 Å². The third kappa shape index (κ3) is 5.81. The average molecular weight is 668 g/mol. The number of carbonyl (C=O) groups is 3. The topological polar surface area (TPSA) is 120 Å². The average Bonchev–Trinajstić information content (AvgIpc) is 3.58. The molecule has 2 bridgehead atoms. The normalized spacial score (nSPS) is 32.0. The Hall–Kier alpha value is -1.86. The van der Waals surface area contributed by atoms with Crippen LogP contribution in [0, 0.1) is 17.8 Å². The minimum absolute atomic E-state index is 0.0177. The molecule has 232 valence electrons. The number of fused-ring (bicyclic) bond motifs is 1. The number of carbonyl (C=O) groups excluding carboxylic acids is 3. The molecule has 1 aromatic carbocycles. The van der Waals surface area contributed by atoms with Gasteiger partial charge in [-0.3, -0.25) is 19.3 Å². The zero-order valence-corrected chi connectivity index (χ0v) is 27.0. The Balaban J connectivity index is 1.41. The summed E-state index contributed by atoms with van der Waals surface area (Å²) in [5.41, 5.74) is 0.629. The first-order chi connectivity index (χ1) is 20.2. The van der Waals surface area contributed by atoms with Gasteiger partial charge in [-0.1, -0.05) is 36.2 Å². The van der Waals surface area contributed by atoms with E-state index >= 15 is 0 Å². The van der Waals surface area contributed by atoms with Gasteiger partial charge < -0.3 is 30.1 Å². The second-order valence-electron chi connectivity index (χ2n) is 11.7. The Morgan fingerprint density at radius 1 is 1.21 bits per heavy atom.